The zero-order valence-electron chi connectivity index (χ0n) is 10.6. The van der Waals surface area contributed by atoms with Gasteiger partial charge in [0.25, 0.3) is 0 Å². The third-order valence-electron chi connectivity index (χ3n) is 3.01. The van der Waals surface area contributed by atoms with Crippen LogP contribution in [-0.2, 0) is 0 Å². The first-order chi connectivity index (χ1) is 9.36. The monoisotopic (exact) mass is 252 g/mol. The summed E-state index contributed by atoms with van der Waals surface area (Å²) in [5.74, 6) is 0.858. The Labute approximate surface area is 112 Å². The van der Waals surface area contributed by atoms with Crippen LogP contribution in [0.3, 0.4) is 0 Å². The quantitative estimate of drug-likeness (QED) is 0.761. The molecule has 0 aliphatic carbocycles. The molecule has 1 aliphatic rings. The van der Waals surface area contributed by atoms with E-state index in [2.05, 4.69) is 39.9 Å². The van der Waals surface area contributed by atoms with Gasteiger partial charge in [-0.3, -0.25) is 0 Å². The zero-order valence-corrected chi connectivity index (χ0v) is 10.6. The van der Waals surface area contributed by atoms with Gasteiger partial charge in [0.1, 0.15) is 5.82 Å². The Morgan fingerprint density at radius 1 is 1.11 bits per heavy atom. The van der Waals surface area contributed by atoms with Gasteiger partial charge in [-0.1, -0.05) is 18.2 Å². The summed E-state index contributed by atoms with van der Waals surface area (Å²) in [7, 11) is 0. The molecule has 1 aromatic carbocycles. The highest BCUT2D eigenvalue weighted by Gasteiger charge is 2.10. The molecule has 0 saturated carbocycles. The number of nitrogens with two attached hydrogens (primary N) is 1. The minimum atomic E-state index is 0.598. The molecule has 2 heterocycles. The van der Waals surface area contributed by atoms with Crippen molar-refractivity contribution < 1.29 is 0 Å². The smallest absolute Gasteiger partial charge is 0.126 e. The fraction of sp³-hybridized carbons (Fsp3) is 0.133. The Morgan fingerprint density at radius 2 is 1.89 bits per heavy atom. The first kappa shape index (κ1) is 11.7. The maximum atomic E-state index is 5.48. The Morgan fingerprint density at radius 3 is 2.68 bits per heavy atom. The van der Waals surface area contributed by atoms with Crippen LogP contribution in [0.5, 0.6) is 0 Å². The summed E-state index contributed by atoms with van der Waals surface area (Å²) in [4.78, 5) is 4.28. The predicted molar refractivity (Wildman–Crippen MR) is 78.3 cm³/mol. The van der Waals surface area contributed by atoms with E-state index < -0.39 is 0 Å². The first-order valence-corrected chi connectivity index (χ1v) is 6.34. The summed E-state index contributed by atoms with van der Waals surface area (Å²) in [6, 6.07) is 12.5. The molecule has 0 spiro atoms. The molecule has 0 bridgehead atoms. The second-order valence-electron chi connectivity index (χ2n) is 4.43. The lowest BCUT2D eigenvalue weighted by atomic mass is 10.0. The molecule has 4 nitrogen and oxygen atoms in total. The molecule has 0 fully saturated rings. The topological polar surface area (TPSA) is 72.9 Å². The van der Waals surface area contributed by atoms with E-state index in [4.69, 9.17) is 5.73 Å². The molecule has 4 heteroatoms. The Balaban J connectivity index is 1.88. The van der Waals surface area contributed by atoms with Gasteiger partial charge in [-0.05, 0) is 29.3 Å². The van der Waals surface area contributed by atoms with E-state index in [1.54, 1.807) is 0 Å². The highest BCUT2D eigenvalue weighted by molar-refractivity contribution is 5.78. The van der Waals surface area contributed by atoms with Crippen LogP contribution >= 0.6 is 0 Å². The fourth-order valence-corrected chi connectivity index (χ4v) is 1.98. The second-order valence-corrected chi connectivity index (χ2v) is 4.43. The highest BCUT2D eigenvalue weighted by Crippen LogP contribution is 2.26. The SMILES string of the molecule is NCCNc1cc(-c2cccc(C3=CN3)c2)ccn1. The Kier molecular flexibility index (Phi) is 3.16. The molecule has 1 aliphatic heterocycles. The summed E-state index contributed by atoms with van der Waals surface area (Å²) in [5.41, 5.74) is 10.2. The van der Waals surface area contributed by atoms with Crippen molar-refractivity contribution in [2.45, 2.75) is 0 Å². The predicted octanol–water partition coefficient (Wildman–Crippen LogP) is 2.02. The normalized spacial score (nSPS) is 12.6. The molecule has 0 radical (unpaired) electrons. The van der Waals surface area contributed by atoms with Crippen LogP contribution in [0.15, 0.2) is 48.8 Å². The van der Waals surface area contributed by atoms with Crippen LogP contribution in [0, 0.1) is 0 Å². The third-order valence-corrected chi connectivity index (χ3v) is 3.01. The Bertz CT molecular complexity index is 619. The molecule has 0 saturated heterocycles. The highest BCUT2D eigenvalue weighted by atomic mass is 15.0. The van der Waals surface area contributed by atoms with Gasteiger partial charge in [0.2, 0.25) is 0 Å². The average Bonchev–Trinajstić information content (AvgIpc) is 3.30. The number of nitrogens with zero attached hydrogens (tertiary/aromatic N) is 1. The van der Waals surface area contributed by atoms with Crippen LogP contribution in [0.4, 0.5) is 5.82 Å². The molecule has 2 aromatic rings. The molecule has 0 amide bonds. The minimum absolute atomic E-state index is 0.598. The fourth-order valence-electron chi connectivity index (χ4n) is 1.98. The molecule has 19 heavy (non-hydrogen) atoms. The van der Waals surface area contributed by atoms with Crippen molar-refractivity contribution >= 4 is 11.5 Å². The molecule has 96 valence electrons. The largest absolute Gasteiger partial charge is 0.369 e. The number of nitrogens with one attached hydrogen (secondary N) is 2. The van der Waals surface area contributed by atoms with Crippen LogP contribution in [0.1, 0.15) is 5.56 Å². The van der Waals surface area contributed by atoms with Crippen molar-refractivity contribution in [1.29, 1.82) is 0 Å². The number of hydrogen-bond acceptors (Lipinski definition) is 4. The lowest BCUT2D eigenvalue weighted by molar-refractivity contribution is 1.01. The van der Waals surface area contributed by atoms with Crippen LogP contribution in [0.2, 0.25) is 0 Å². The lowest BCUT2D eigenvalue weighted by Gasteiger charge is -2.07. The molecule has 4 N–H and O–H groups in total. The molecule has 3 rings (SSSR count). The van der Waals surface area contributed by atoms with Crippen LogP contribution < -0.4 is 16.4 Å². The molecular weight excluding hydrogens is 236 g/mol. The summed E-state index contributed by atoms with van der Waals surface area (Å²) >= 11 is 0. The first-order valence-electron chi connectivity index (χ1n) is 6.34. The van der Waals surface area contributed by atoms with E-state index in [1.165, 1.54) is 16.8 Å². The number of anilines is 1. The molecular formula is C15H16N4. The molecule has 0 atom stereocenters. The van der Waals surface area contributed by atoms with Gasteiger partial charge in [-0.15, -0.1) is 0 Å². The van der Waals surface area contributed by atoms with Crippen molar-refractivity contribution in [3.05, 3.63) is 54.4 Å². The van der Waals surface area contributed by atoms with Gasteiger partial charge >= 0.3 is 0 Å². The van der Waals surface area contributed by atoms with E-state index in [-0.39, 0.29) is 0 Å². The lowest BCUT2D eigenvalue weighted by Crippen LogP contribution is -2.13. The number of rotatable bonds is 5. The van der Waals surface area contributed by atoms with E-state index >= 15 is 0 Å². The number of aromatic nitrogens is 1. The van der Waals surface area contributed by atoms with Crippen molar-refractivity contribution in [3.63, 3.8) is 0 Å². The van der Waals surface area contributed by atoms with Gasteiger partial charge in [0, 0.05) is 31.0 Å². The summed E-state index contributed by atoms with van der Waals surface area (Å²) < 4.78 is 0. The number of pyridine rings is 1. The van der Waals surface area contributed by atoms with Gasteiger partial charge in [0.05, 0.1) is 5.70 Å². The van der Waals surface area contributed by atoms with E-state index in [9.17, 15) is 0 Å². The van der Waals surface area contributed by atoms with E-state index in [0.717, 1.165) is 17.9 Å². The average molecular weight is 252 g/mol. The second kappa shape index (κ2) is 5.12. The maximum Gasteiger partial charge on any atom is 0.126 e. The van der Waals surface area contributed by atoms with Gasteiger partial charge in [0.15, 0.2) is 0 Å². The number of hydrogen-bond donors (Lipinski definition) is 3. The van der Waals surface area contributed by atoms with Gasteiger partial charge in [-0.25, -0.2) is 4.98 Å². The summed E-state index contributed by atoms with van der Waals surface area (Å²) in [6.45, 7) is 1.33. The summed E-state index contributed by atoms with van der Waals surface area (Å²) in [6.07, 6.45) is 3.81. The van der Waals surface area contributed by atoms with Gasteiger partial charge < -0.3 is 16.4 Å². The minimum Gasteiger partial charge on any atom is -0.369 e. The van der Waals surface area contributed by atoms with Crippen molar-refractivity contribution in [2.24, 2.45) is 5.73 Å². The van der Waals surface area contributed by atoms with Crippen LogP contribution in [-0.4, -0.2) is 18.1 Å². The molecule has 1 aromatic heterocycles. The van der Waals surface area contributed by atoms with E-state index in [0.29, 0.717) is 6.54 Å². The maximum absolute atomic E-state index is 5.48. The van der Waals surface area contributed by atoms with Crippen molar-refractivity contribution in [1.82, 2.24) is 10.3 Å². The van der Waals surface area contributed by atoms with Crippen molar-refractivity contribution in [2.75, 3.05) is 18.4 Å². The Hall–Kier alpha value is -2.33. The van der Waals surface area contributed by atoms with Crippen molar-refractivity contribution in [3.8, 4) is 11.1 Å². The van der Waals surface area contributed by atoms with Gasteiger partial charge in [-0.2, -0.15) is 0 Å². The number of benzene rings is 1. The summed E-state index contributed by atoms with van der Waals surface area (Å²) in [5, 5.41) is 6.32. The standard InChI is InChI=1S/C15H16N4/c16-5-7-18-15-9-12(4-6-17-15)11-2-1-3-13(8-11)14-10-19-14/h1-4,6,8-10,19H,5,7,16H2,(H,17,18). The van der Waals surface area contributed by atoms with E-state index in [1.807, 2.05) is 24.5 Å². The zero-order chi connectivity index (χ0) is 13.1. The molecule has 0 unspecified atom stereocenters. The van der Waals surface area contributed by atoms with Crippen LogP contribution in [0.25, 0.3) is 16.8 Å². The third kappa shape index (κ3) is 2.74.